The number of rotatable bonds is 1. The van der Waals surface area contributed by atoms with Crippen LogP contribution in [0.4, 0.5) is 4.79 Å². The first-order valence-corrected chi connectivity index (χ1v) is 11.4. The minimum atomic E-state index is -0.487. The molecule has 1 aromatic rings. The van der Waals surface area contributed by atoms with E-state index in [1.54, 1.807) is 4.90 Å². The van der Waals surface area contributed by atoms with E-state index in [0.29, 0.717) is 25.3 Å². The molecule has 31 heavy (non-hydrogen) atoms. The summed E-state index contributed by atoms with van der Waals surface area (Å²) in [4.78, 5) is 28.6. The molecule has 3 unspecified atom stereocenters. The lowest BCUT2D eigenvalue weighted by Crippen LogP contribution is -2.60. The number of benzene rings is 1. The first-order chi connectivity index (χ1) is 14.7. The molecule has 3 aliphatic rings. The minimum absolute atomic E-state index is 0.0297. The Morgan fingerprint density at radius 1 is 1.16 bits per heavy atom. The van der Waals surface area contributed by atoms with Gasteiger partial charge in [-0.1, -0.05) is 26.0 Å². The highest BCUT2D eigenvalue weighted by atomic mass is 16.6. The molecule has 3 atom stereocenters. The van der Waals surface area contributed by atoms with Crippen molar-refractivity contribution >= 4 is 12.1 Å². The van der Waals surface area contributed by atoms with Crippen molar-refractivity contribution in [1.29, 1.82) is 0 Å². The Kier molecular flexibility index (Phi) is 7.27. The number of carbonyl (C=O) groups excluding carboxylic acids is 2. The summed E-state index contributed by atoms with van der Waals surface area (Å²) in [6.45, 7) is 15.0. The molecule has 1 amide bonds. The molecule has 0 aromatic heterocycles. The van der Waals surface area contributed by atoms with Gasteiger partial charge >= 0.3 is 12.1 Å². The fraction of sp³-hybridized carbons (Fsp3) is 0.667. The van der Waals surface area contributed by atoms with Crippen LogP contribution in [0.15, 0.2) is 18.2 Å². The normalized spacial score (nSPS) is 26.1. The molecule has 0 radical (unpaired) electrons. The summed E-state index contributed by atoms with van der Waals surface area (Å²) in [5.74, 6) is -0.242. The number of hydrogen-bond acceptors (Lipinski definition) is 6. The van der Waals surface area contributed by atoms with Crippen molar-refractivity contribution in [2.24, 2.45) is 0 Å². The van der Waals surface area contributed by atoms with Crippen LogP contribution in [0, 0.1) is 0 Å². The zero-order valence-corrected chi connectivity index (χ0v) is 19.6. The van der Waals surface area contributed by atoms with Gasteiger partial charge in [-0.2, -0.15) is 0 Å². The molecule has 0 N–H and O–H groups in total. The van der Waals surface area contributed by atoms with E-state index in [2.05, 4.69) is 11.0 Å². The largest absolute Gasteiger partial charge is 0.459 e. The summed E-state index contributed by atoms with van der Waals surface area (Å²) in [7, 11) is 0. The van der Waals surface area contributed by atoms with Gasteiger partial charge in [0.15, 0.2) is 0 Å². The van der Waals surface area contributed by atoms with E-state index in [4.69, 9.17) is 14.2 Å². The number of hydrogen-bond donors (Lipinski definition) is 0. The number of carbonyl (C=O) groups is 2. The van der Waals surface area contributed by atoms with E-state index in [0.717, 1.165) is 30.6 Å². The van der Waals surface area contributed by atoms with Crippen LogP contribution < -0.4 is 0 Å². The van der Waals surface area contributed by atoms with Crippen molar-refractivity contribution in [1.82, 2.24) is 9.80 Å². The average molecular weight is 433 g/mol. The van der Waals surface area contributed by atoms with Crippen LogP contribution in [-0.2, 0) is 20.6 Å². The van der Waals surface area contributed by atoms with E-state index in [1.165, 1.54) is 0 Å². The molecule has 0 saturated carbocycles. The molecule has 0 spiro atoms. The fourth-order valence-corrected chi connectivity index (χ4v) is 4.26. The van der Waals surface area contributed by atoms with Gasteiger partial charge in [-0.3, -0.25) is 4.90 Å². The Bertz CT molecular complexity index is 804. The summed E-state index contributed by atoms with van der Waals surface area (Å²) in [6.07, 6.45) is 0.356. The van der Waals surface area contributed by atoms with Crippen molar-refractivity contribution in [3.63, 3.8) is 0 Å². The molecule has 1 aromatic carbocycles. The molecule has 2 fully saturated rings. The van der Waals surface area contributed by atoms with Gasteiger partial charge in [-0.25, -0.2) is 9.59 Å². The first-order valence-electron chi connectivity index (χ1n) is 11.4. The molecule has 3 aliphatic heterocycles. The number of esters is 1. The third-order valence-corrected chi connectivity index (χ3v) is 5.68. The van der Waals surface area contributed by atoms with Gasteiger partial charge in [0.25, 0.3) is 0 Å². The Hall–Kier alpha value is -2.12. The van der Waals surface area contributed by atoms with Gasteiger partial charge in [-0.15, -0.1) is 0 Å². The van der Waals surface area contributed by atoms with Gasteiger partial charge in [0, 0.05) is 32.6 Å². The standard InChI is InChI=1S/C22H30N2O5.C2H6/c1-14-9-16-10-15(5-6-18(16)20(25)28-14)19-12-23-7-8-24(11-17(23)13-27-19)21(26)29-22(2,3)4;1-2/h5-6,10,14,17,19H,7-9,11-13H2,1-4H3;1-2H3. The van der Waals surface area contributed by atoms with Crippen LogP contribution in [0.25, 0.3) is 0 Å². The minimum Gasteiger partial charge on any atom is -0.459 e. The molecular weight excluding hydrogens is 396 g/mol. The maximum atomic E-state index is 12.4. The number of fused-ring (bicyclic) bond motifs is 2. The van der Waals surface area contributed by atoms with Crippen LogP contribution in [0.2, 0.25) is 0 Å². The number of piperazine rings is 1. The Labute approximate surface area is 185 Å². The maximum Gasteiger partial charge on any atom is 0.410 e. The van der Waals surface area contributed by atoms with Crippen LogP contribution in [0.5, 0.6) is 0 Å². The zero-order valence-electron chi connectivity index (χ0n) is 19.6. The molecule has 2 saturated heterocycles. The highest BCUT2D eigenvalue weighted by molar-refractivity contribution is 5.92. The molecule has 3 heterocycles. The molecule has 7 nitrogen and oxygen atoms in total. The van der Waals surface area contributed by atoms with Gasteiger partial charge in [-0.05, 0) is 44.9 Å². The monoisotopic (exact) mass is 432 g/mol. The van der Waals surface area contributed by atoms with E-state index in [1.807, 2.05) is 53.7 Å². The van der Waals surface area contributed by atoms with Crippen molar-refractivity contribution in [3.8, 4) is 0 Å². The lowest BCUT2D eigenvalue weighted by Gasteiger charge is -2.46. The van der Waals surface area contributed by atoms with Crippen molar-refractivity contribution in [3.05, 3.63) is 34.9 Å². The summed E-state index contributed by atoms with van der Waals surface area (Å²) in [5.41, 5.74) is 2.30. The molecule has 172 valence electrons. The van der Waals surface area contributed by atoms with E-state index in [9.17, 15) is 9.59 Å². The molecular formula is C24H36N2O5. The first kappa shape index (κ1) is 23.5. The van der Waals surface area contributed by atoms with E-state index < -0.39 is 5.60 Å². The lowest BCUT2D eigenvalue weighted by atomic mass is 9.94. The number of nitrogens with zero attached hydrogens (tertiary/aromatic N) is 2. The van der Waals surface area contributed by atoms with Crippen LogP contribution >= 0.6 is 0 Å². The SMILES string of the molecule is CC.CC1Cc2cc(C3CN4CCN(C(=O)OC(C)(C)C)CC4CO3)ccc2C(=O)O1. The highest BCUT2D eigenvalue weighted by Crippen LogP contribution is 2.30. The number of cyclic esters (lactones) is 1. The Balaban J connectivity index is 0.00000132. The average Bonchev–Trinajstić information content (AvgIpc) is 2.72. The maximum absolute atomic E-state index is 12.4. The summed E-state index contributed by atoms with van der Waals surface area (Å²) in [5, 5.41) is 0. The summed E-state index contributed by atoms with van der Waals surface area (Å²) >= 11 is 0. The van der Waals surface area contributed by atoms with Crippen molar-refractivity contribution in [2.75, 3.05) is 32.8 Å². The Morgan fingerprint density at radius 2 is 1.90 bits per heavy atom. The van der Waals surface area contributed by atoms with Gasteiger partial charge in [0.05, 0.1) is 24.3 Å². The molecule has 4 rings (SSSR count). The summed E-state index contributed by atoms with van der Waals surface area (Å²) < 4.78 is 17.0. The smallest absolute Gasteiger partial charge is 0.410 e. The third-order valence-electron chi connectivity index (χ3n) is 5.68. The van der Waals surface area contributed by atoms with Crippen LogP contribution in [0.1, 0.15) is 69.1 Å². The van der Waals surface area contributed by atoms with Gasteiger partial charge in [0.1, 0.15) is 11.7 Å². The third kappa shape index (κ3) is 5.57. The van der Waals surface area contributed by atoms with Crippen LogP contribution in [-0.4, -0.2) is 72.4 Å². The van der Waals surface area contributed by atoms with E-state index in [-0.39, 0.29) is 30.3 Å². The second kappa shape index (κ2) is 9.57. The topological polar surface area (TPSA) is 68.3 Å². The Morgan fingerprint density at radius 3 is 2.61 bits per heavy atom. The van der Waals surface area contributed by atoms with E-state index >= 15 is 0 Å². The second-order valence-corrected chi connectivity index (χ2v) is 9.23. The number of ether oxygens (including phenoxy) is 3. The molecule has 7 heteroatoms. The predicted octanol–water partition coefficient (Wildman–Crippen LogP) is 3.81. The van der Waals surface area contributed by atoms with Gasteiger partial charge < -0.3 is 19.1 Å². The fourth-order valence-electron chi connectivity index (χ4n) is 4.26. The highest BCUT2D eigenvalue weighted by Gasteiger charge is 2.37. The molecule has 0 bridgehead atoms. The quantitative estimate of drug-likeness (QED) is 0.629. The molecule has 0 aliphatic carbocycles. The zero-order chi connectivity index (χ0) is 22.8. The lowest BCUT2D eigenvalue weighted by molar-refractivity contribution is -0.0906. The van der Waals surface area contributed by atoms with Crippen molar-refractivity contribution in [2.45, 2.75) is 71.8 Å². The van der Waals surface area contributed by atoms with Crippen LogP contribution in [0.3, 0.4) is 0 Å². The predicted molar refractivity (Wildman–Crippen MR) is 118 cm³/mol. The number of morpholine rings is 1. The second-order valence-electron chi connectivity index (χ2n) is 9.23. The summed E-state index contributed by atoms with van der Waals surface area (Å²) in [6, 6.07) is 6.10. The number of amides is 1. The van der Waals surface area contributed by atoms with Crippen molar-refractivity contribution < 1.29 is 23.8 Å². The van der Waals surface area contributed by atoms with Gasteiger partial charge in [0.2, 0.25) is 0 Å².